The maximum atomic E-state index is 5.72. The SMILES string of the molecule is CNc1ccc(-c2ccc(-c3ccc(N)cc3)cc2)cc1. The first-order valence-corrected chi connectivity index (χ1v) is 7.00. The van der Waals surface area contributed by atoms with Crippen LogP contribution in [0, 0.1) is 0 Å². The van der Waals surface area contributed by atoms with Gasteiger partial charge in [0.05, 0.1) is 0 Å². The lowest BCUT2D eigenvalue weighted by Gasteiger charge is -2.06. The van der Waals surface area contributed by atoms with Crippen LogP contribution in [0.4, 0.5) is 11.4 Å². The molecule has 0 aliphatic rings. The van der Waals surface area contributed by atoms with Gasteiger partial charge in [-0.1, -0.05) is 48.5 Å². The third-order valence-corrected chi connectivity index (χ3v) is 3.64. The van der Waals surface area contributed by atoms with Gasteiger partial charge >= 0.3 is 0 Å². The molecule has 0 fully saturated rings. The Bertz CT molecular complexity index is 711. The van der Waals surface area contributed by atoms with Crippen molar-refractivity contribution in [2.24, 2.45) is 0 Å². The summed E-state index contributed by atoms with van der Waals surface area (Å²) < 4.78 is 0. The minimum atomic E-state index is 0.792. The maximum absolute atomic E-state index is 5.72. The largest absolute Gasteiger partial charge is 0.399 e. The third-order valence-electron chi connectivity index (χ3n) is 3.64. The fourth-order valence-corrected chi connectivity index (χ4v) is 2.36. The second-order valence-corrected chi connectivity index (χ2v) is 5.03. The summed E-state index contributed by atoms with van der Waals surface area (Å²) in [5.41, 5.74) is 12.5. The van der Waals surface area contributed by atoms with E-state index in [0.717, 1.165) is 11.4 Å². The summed E-state index contributed by atoms with van der Waals surface area (Å²) in [6.07, 6.45) is 0. The molecule has 21 heavy (non-hydrogen) atoms. The van der Waals surface area contributed by atoms with E-state index in [-0.39, 0.29) is 0 Å². The van der Waals surface area contributed by atoms with Crippen LogP contribution in [0.25, 0.3) is 22.3 Å². The Labute approximate surface area is 125 Å². The molecule has 0 atom stereocenters. The summed E-state index contributed by atoms with van der Waals surface area (Å²) in [6.45, 7) is 0. The van der Waals surface area contributed by atoms with Crippen LogP contribution in [0.15, 0.2) is 72.8 Å². The molecule has 3 rings (SSSR count). The topological polar surface area (TPSA) is 38.0 Å². The molecule has 0 bridgehead atoms. The number of nitrogens with two attached hydrogens (primary N) is 1. The van der Waals surface area contributed by atoms with E-state index in [2.05, 4.69) is 53.8 Å². The Kier molecular flexibility index (Phi) is 3.61. The summed E-state index contributed by atoms with van der Waals surface area (Å²) in [5, 5.41) is 3.13. The van der Waals surface area contributed by atoms with Gasteiger partial charge in [-0.05, 0) is 46.5 Å². The summed E-state index contributed by atoms with van der Waals surface area (Å²) >= 11 is 0. The molecule has 0 unspecified atom stereocenters. The fourth-order valence-electron chi connectivity index (χ4n) is 2.36. The van der Waals surface area contributed by atoms with Gasteiger partial charge in [-0.25, -0.2) is 0 Å². The fraction of sp³-hybridized carbons (Fsp3) is 0.0526. The van der Waals surface area contributed by atoms with Crippen LogP contribution in [-0.2, 0) is 0 Å². The van der Waals surface area contributed by atoms with Crippen LogP contribution in [-0.4, -0.2) is 7.05 Å². The zero-order chi connectivity index (χ0) is 14.7. The summed E-state index contributed by atoms with van der Waals surface area (Å²) in [4.78, 5) is 0. The highest BCUT2D eigenvalue weighted by Crippen LogP contribution is 2.26. The van der Waals surface area contributed by atoms with Crippen LogP contribution in [0.1, 0.15) is 0 Å². The molecule has 2 nitrogen and oxygen atoms in total. The van der Waals surface area contributed by atoms with E-state index in [4.69, 9.17) is 5.73 Å². The molecule has 0 aliphatic heterocycles. The van der Waals surface area contributed by atoms with E-state index in [1.165, 1.54) is 22.3 Å². The number of nitrogen functional groups attached to an aromatic ring is 1. The summed E-state index contributed by atoms with van der Waals surface area (Å²) in [7, 11) is 1.93. The minimum Gasteiger partial charge on any atom is -0.399 e. The van der Waals surface area contributed by atoms with Crippen molar-refractivity contribution in [3.8, 4) is 22.3 Å². The van der Waals surface area contributed by atoms with Gasteiger partial charge in [-0.3, -0.25) is 0 Å². The van der Waals surface area contributed by atoms with Crippen molar-refractivity contribution in [1.29, 1.82) is 0 Å². The van der Waals surface area contributed by atoms with Crippen molar-refractivity contribution in [1.82, 2.24) is 0 Å². The van der Waals surface area contributed by atoms with Gasteiger partial charge in [0, 0.05) is 18.4 Å². The van der Waals surface area contributed by atoms with E-state index in [0.29, 0.717) is 0 Å². The number of rotatable bonds is 3. The quantitative estimate of drug-likeness (QED) is 0.682. The van der Waals surface area contributed by atoms with Crippen molar-refractivity contribution >= 4 is 11.4 Å². The Morgan fingerprint density at radius 3 is 1.29 bits per heavy atom. The summed E-state index contributed by atoms with van der Waals surface area (Å²) in [5.74, 6) is 0. The van der Waals surface area contributed by atoms with E-state index in [1.807, 2.05) is 31.3 Å². The van der Waals surface area contributed by atoms with Crippen LogP contribution < -0.4 is 11.1 Å². The highest BCUT2D eigenvalue weighted by molar-refractivity contribution is 5.72. The molecule has 0 amide bonds. The lowest BCUT2D eigenvalue weighted by molar-refractivity contribution is 1.51. The second kappa shape index (κ2) is 5.71. The molecule has 3 aromatic rings. The average molecular weight is 274 g/mol. The van der Waals surface area contributed by atoms with Crippen molar-refractivity contribution < 1.29 is 0 Å². The predicted octanol–water partition coefficient (Wildman–Crippen LogP) is 4.64. The minimum absolute atomic E-state index is 0.792. The number of nitrogens with one attached hydrogen (secondary N) is 1. The van der Waals surface area contributed by atoms with Crippen LogP contribution in [0.3, 0.4) is 0 Å². The molecule has 0 aromatic heterocycles. The molecule has 0 spiro atoms. The molecule has 0 aliphatic carbocycles. The van der Waals surface area contributed by atoms with Crippen molar-refractivity contribution in [3.63, 3.8) is 0 Å². The summed E-state index contributed by atoms with van der Waals surface area (Å²) in [6, 6.07) is 25.0. The highest BCUT2D eigenvalue weighted by atomic mass is 14.8. The van der Waals surface area contributed by atoms with Crippen LogP contribution >= 0.6 is 0 Å². The van der Waals surface area contributed by atoms with Gasteiger partial charge in [-0.15, -0.1) is 0 Å². The van der Waals surface area contributed by atoms with Gasteiger partial charge in [0.2, 0.25) is 0 Å². The molecule has 0 radical (unpaired) electrons. The Morgan fingerprint density at radius 2 is 0.905 bits per heavy atom. The van der Waals surface area contributed by atoms with Crippen LogP contribution in [0.5, 0.6) is 0 Å². The smallest absolute Gasteiger partial charge is 0.0337 e. The molecular weight excluding hydrogens is 256 g/mol. The standard InChI is InChI=1S/C19H18N2/c1-21-19-12-8-17(9-13-19)15-4-2-14(3-5-15)16-6-10-18(20)11-7-16/h2-13,21H,20H2,1H3. The Morgan fingerprint density at radius 1 is 0.571 bits per heavy atom. The number of hydrogen-bond donors (Lipinski definition) is 2. The lowest BCUT2D eigenvalue weighted by atomic mass is 10.00. The van der Waals surface area contributed by atoms with E-state index in [9.17, 15) is 0 Å². The van der Waals surface area contributed by atoms with Crippen LogP contribution in [0.2, 0.25) is 0 Å². The number of anilines is 2. The van der Waals surface area contributed by atoms with E-state index in [1.54, 1.807) is 0 Å². The molecule has 2 heteroatoms. The zero-order valence-electron chi connectivity index (χ0n) is 12.0. The molecule has 104 valence electrons. The molecule has 0 heterocycles. The van der Waals surface area contributed by atoms with Crippen molar-refractivity contribution in [2.45, 2.75) is 0 Å². The first-order chi connectivity index (χ1) is 10.3. The van der Waals surface area contributed by atoms with Gasteiger partial charge in [0.25, 0.3) is 0 Å². The van der Waals surface area contributed by atoms with Gasteiger partial charge < -0.3 is 11.1 Å². The van der Waals surface area contributed by atoms with Gasteiger partial charge in [-0.2, -0.15) is 0 Å². The van der Waals surface area contributed by atoms with Gasteiger partial charge in [0.1, 0.15) is 0 Å². The molecular formula is C19H18N2. The molecule has 3 aromatic carbocycles. The number of hydrogen-bond acceptors (Lipinski definition) is 2. The number of benzene rings is 3. The monoisotopic (exact) mass is 274 g/mol. The Hall–Kier alpha value is -2.74. The van der Waals surface area contributed by atoms with Gasteiger partial charge in [0.15, 0.2) is 0 Å². The first-order valence-electron chi connectivity index (χ1n) is 7.00. The Balaban J connectivity index is 1.87. The first kappa shape index (κ1) is 13.3. The van der Waals surface area contributed by atoms with E-state index < -0.39 is 0 Å². The lowest BCUT2D eigenvalue weighted by Crippen LogP contribution is -1.87. The molecule has 3 N–H and O–H groups in total. The third kappa shape index (κ3) is 2.90. The average Bonchev–Trinajstić information content (AvgIpc) is 2.56. The van der Waals surface area contributed by atoms with Crippen molar-refractivity contribution in [2.75, 3.05) is 18.1 Å². The van der Waals surface area contributed by atoms with Crippen molar-refractivity contribution in [3.05, 3.63) is 72.8 Å². The van der Waals surface area contributed by atoms with E-state index >= 15 is 0 Å². The maximum Gasteiger partial charge on any atom is 0.0337 e. The molecule has 0 saturated heterocycles. The second-order valence-electron chi connectivity index (χ2n) is 5.03. The molecule has 0 saturated carbocycles. The normalized spacial score (nSPS) is 10.3. The predicted molar refractivity (Wildman–Crippen MR) is 91.3 cm³/mol. The zero-order valence-corrected chi connectivity index (χ0v) is 12.0. The highest BCUT2D eigenvalue weighted by Gasteiger charge is 2.00.